The van der Waals surface area contributed by atoms with E-state index in [1.165, 1.54) is 83.5 Å². The molecule has 0 rings (SSSR count). The van der Waals surface area contributed by atoms with Crippen LogP contribution in [-0.2, 0) is 19.2 Å². The second-order valence-corrected chi connectivity index (χ2v) is 11.6. The first-order chi connectivity index (χ1) is 22.2. The second-order valence-electron chi connectivity index (χ2n) is 11.6. The van der Waals surface area contributed by atoms with E-state index < -0.39 is 12.0 Å². The van der Waals surface area contributed by atoms with Crippen molar-refractivity contribution in [2.75, 3.05) is 13.6 Å². The molecule has 4 N–H and O–H groups in total. The SMILES string of the molecule is CC.CC.CCCCC.CCCCCCCCCCCCCCCC(=O)NC(CCC(=O)NCCCCC(NC)C(C)=O)C(=O)O. The fourth-order valence-corrected chi connectivity index (χ4v) is 4.80. The maximum absolute atomic E-state index is 12.2. The molecular formula is C38H79N3O5. The molecule has 0 heterocycles. The lowest BCUT2D eigenvalue weighted by Crippen LogP contribution is -2.41. The summed E-state index contributed by atoms with van der Waals surface area (Å²) in [4.78, 5) is 47.1. The van der Waals surface area contributed by atoms with Gasteiger partial charge < -0.3 is 21.1 Å². The lowest BCUT2D eigenvalue weighted by Gasteiger charge is -2.15. The van der Waals surface area contributed by atoms with Crippen LogP contribution in [0.3, 0.4) is 0 Å². The Bertz CT molecular complexity index is 671. The summed E-state index contributed by atoms with van der Waals surface area (Å²) >= 11 is 0. The summed E-state index contributed by atoms with van der Waals surface area (Å²) in [6.07, 6.45) is 22.8. The molecule has 46 heavy (non-hydrogen) atoms. The highest BCUT2D eigenvalue weighted by atomic mass is 16.4. The molecule has 2 amide bonds. The molecule has 0 aliphatic rings. The Morgan fingerprint density at radius 3 is 1.39 bits per heavy atom. The van der Waals surface area contributed by atoms with Gasteiger partial charge in [0.05, 0.1) is 6.04 Å². The van der Waals surface area contributed by atoms with E-state index >= 15 is 0 Å². The molecule has 0 saturated carbocycles. The van der Waals surface area contributed by atoms with E-state index in [2.05, 4.69) is 36.7 Å². The van der Waals surface area contributed by atoms with Gasteiger partial charge in [-0.2, -0.15) is 0 Å². The standard InChI is InChI=1S/C29H55N3O5.C5H12.2C2H6/c1-4-5-6-7-8-9-10-11-12-13-14-15-16-20-28(35)32-26(29(36)37)21-22-27(34)31-23-18-17-19-25(30-3)24(2)33;1-3-5-4-2;2*1-2/h25-26,30H,4-23H2,1-3H3,(H,31,34)(H,32,35)(H,36,37);3-5H2,1-2H3;2*1-2H3. The summed E-state index contributed by atoms with van der Waals surface area (Å²) in [7, 11) is 1.75. The largest absolute Gasteiger partial charge is 0.480 e. The number of Topliss-reactive ketones (excluding diaryl/α,β-unsaturated/α-hetero) is 1. The van der Waals surface area contributed by atoms with Crippen LogP contribution in [0.15, 0.2) is 0 Å². The van der Waals surface area contributed by atoms with Crippen LogP contribution in [0.4, 0.5) is 0 Å². The average molecular weight is 658 g/mol. The molecule has 276 valence electrons. The van der Waals surface area contributed by atoms with Crippen LogP contribution in [0.25, 0.3) is 0 Å². The van der Waals surface area contributed by atoms with Crippen molar-refractivity contribution in [1.29, 1.82) is 0 Å². The maximum atomic E-state index is 12.2. The van der Waals surface area contributed by atoms with Crippen molar-refractivity contribution in [3.8, 4) is 0 Å². The monoisotopic (exact) mass is 658 g/mol. The first kappa shape index (κ1) is 50.9. The average Bonchev–Trinajstić information content (AvgIpc) is 3.05. The zero-order valence-corrected chi connectivity index (χ0v) is 32.0. The normalized spacial score (nSPS) is 11.3. The van der Waals surface area contributed by atoms with Gasteiger partial charge in [-0.25, -0.2) is 4.79 Å². The zero-order valence-electron chi connectivity index (χ0n) is 32.0. The van der Waals surface area contributed by atoms with Crippen LogP contribution in [0, 0.1) is 0 Å². The van der Waals surface area contributed by atoms with Crippen LogP contribution < -0.4 is 16.0 Å². The van der Waals surface area contributed by atoms with Gasteiger partial charge in [-0.1, -0.05) is 145 Å². The molecule has 0 bridgehead atoms. The minimum absolute atomic E-state index is 0.0442. The predicted molar refractivity (Wildman–Crippen MR) is 197 cm³/mol. The fourth-order valence-electron chi connectivity index (χ4n) is 4.80. The number of carboxylic acids is 1. The van der Waals surface area contributed by atoms with Crippen molar-refractivity contribution in [3.63, 3.8) is 0 Å². The number of likely N-dealkylation sites (N-methyl/N-ethyl adjacent to an activating group) is 1. The van der Waals surface area contributed by atoms with Crippen LogP contribution >= 0.6 is 0 Å². The van der Waals surface area contributed by atoms with Gasteiger partial charge in [0.25, 0.3) is 0 Å². The molecule has 8 heteroatoms. The first-order valence-electron chi connectivity index (χ1n) is 19.2. The lowest BCUT2D eigenvalue weighted by molar-refractivity contribution is -0.142. The van der Waals surface area contributed by atoms with E-state index in [4.69, 9.17) is 0 Å². The van der Waals surface area contributed by atoms with Crippen LogP contribution in [0.2, 0.25) is 0 Å². The Kier molecular flexibility index (Phi) is 47.6. The minimum Gasteiger partial charge on any atom is -0.480 e. The third-order valence-corrected chi connectivity index (χ3v) is 7.59. The molecule has 0 aromatic rings. The Balaban J connectivity index is -0.000000870. The topological polar surface area (TPSA) is 125 Å². The quantitative estimate of drug-likeness (QED) is 0.0621. The van der Waals surface area contributed by atoms with Gasteiger partial charge in [-0.3, -0.25) is 14.4 Å². The van der Waals surface area contributed by atoms with E-state index in [1.807, 2.05) is 27.7 Å². The number of hydrogen-bond donors (Lipinski definition) is 4. The van der Waals surface area contributed by atoms with E-state index in [0.717, 1.165) is 32.1 Å². The molecule has 2 unspecified atom stereocenters. The van der Waals surface area contributed by atoms with Crippen LogP contribution in [0.5, 0.6) is 0 Å². The van der Waals surface area contributed by atoms with Gasteiger partial charge in [-0.15, -0.1) is 0 Å². The van der Waals surface area contributed by atoms with Crippen molar-refractivity contribution in [2.45, 2.75) is 209 Å². The molecule has 0 fully saturated rings. The third kappa shape index (κ3) is 40.1. The Morgan fingerprint density at radius 2 is 1.00 bits per heavy atom. The highest BCUT2D eigenvalue weighted by Gasteiger charge is 2.20. The summed E-state index contributed by atoms with van der Waals surface area (Å²) in [6.45, 7) is 16.7. The third-order valence-electron chi connectivity index (χ3n) is 7.59. The van der Waals surface area contributed by atoms with Crippen LogP contribution in [0.1, 0.15) is 197 Å². The van der Waals surface area contributed by atoms with Crippen molar-refractivity contribution in [1.82, 2.24) is 16.0 Å². The number of unbranched alkanes of at least 4 members (excludes halogenated alkanes) is 15. The summed E-state index contributed by atoms with van der Waals surface area (Å²) in [5, 5.41) is 17.7. The van der Waals surface area contributed by atoms with Crippen molar-refractivity contribution < 1.29 is 24.3 Å². The smallest absolute Gasteiger partial charge is 0.326 e. The molecule has 0 radical (unpaired) electrons. The van der Waals surface area contributed by atoms with Gasteiger partial charge in [0.1, 0.15) is 11.8 Å². The number of nitrogens with one attached hydrogen (secondary N) is 3. The molecule has 0 aromatic carbocycles. The van der Waals surface area contributed by atoms with E-state index in [1.54, 1.807) is 14.0 Å². The Labute approximate surface area is 285 Å². The molecule has 8 nitrogen and oxygen atoms in total. The molecule has 0 aromatic heterocycles. The van der Waals surface area contributed by atoms with Crippen molar-refractivity contribution in [2.24, 2.45) is 0 Å². The zero-order chi connectivity index (χ0) is 35.8. The Hall–Kier alpha value is -1.96. The van der Waals surface area contributed by atoms with Gasteiger partial charge in [0, 0.05) is 19.4 Å². The summed E-state index contributed by atoms with van der Waals surface area (Å²) in [5.74, 6) is -1.51. The minimum atomic E-state index is -1.12. The number of rotatable bonds is 28. The Morgan fingerprint density at radius 1 is 0.543 bits per heavy atom. The molecule has 0 spiro atoms. The number of hydrogen-bond acceptors (Lipinski definition) is 5. The predicted octanol–water partition coefficient (Wildman–Crippen LogP) is 9.53. The van der Waals surface area contributed by atoms with Crippen molar-refractivity contribution in [3.05, 3.63) is 0 Å². The highest BCUT2D eigenvalue weighted by Crippen LogP contribution is 2.13. The van der Waals surface area contributed by atoms with Crippen molar-refractivity contribution >= 4 is 23.6 Å². The summed E-state index contributed by atoms with van der Waals surface area (Å²) < 4.78 is 0. The van der Waals surface area contributed by atoms with E-state index in [-0.39, 0.29) is 36.5 Å². The maximum Gasteiger partial charge on any atom is 0.326 e. The van der Waals surface area contributed by atoms with Gasteiger partial charge >= 0.3 is 5.97 Å². The van der Waals surface area contributed by atoms with Gasteiger partial charge in [0.15, 0.2) is 0 Å². The molecule has 0 saturated heterocycles. The lowest BCUT2D eigenvalue weighted by atomic mass is 10.0. The second kappa shape index (κ2) is 43.0. The molecule has 2 atom stereocenters. The molecule has 0 aliphatic carbocycles. The van der Waals surface area contributed by atoms with Gasteiger partial charge in [-0.05, 0) is 46.1 Å². The van der Waals surface area contributed by atoms with Gasteiger partial charge in [0.2, 0.25) is 11.8 Å². The first-order valence-corrected chi connectivity index (χ1v) is 19.2. The number of carbonyl (C=O) groups is 4. The summed E-state index contributed by atoms with van der Waals surface area (Å²) in [5.41, 5.74) is 0. The van der Waals surface area contributed by atoms with E-state index in [9.17, 15) is 24.3 Å². The fraction of sp³-hybridized carbons (Fsp3) is 0.895. The summed E-state index contributed by atoms with van der Waals surface area (Å²) in [6, 6.07) is -1.21. The van der Waals surface area contributed by atoms with Crippen LogP contribution in [-0.4, -0.2) is 54.3 Å². The number of aliphatic carboxylic acids is 1. The molecular weight excluding hydrogens is 578 g/mol. The number of carbonyl (C=O) groups excluding carboxylic acids is 3. The highest BCUT2D eigenvalue weighted by molar-refractivity contribution is 5.84. The number of carboxylic acid groups (broad SMARTS) is 1. The number of ketones is 1. The van der Waals surface area contributed by atoms with E-state index in [0.29, 0.717) is 19.4 Å². The number of amides is 2. The molecule has 0 aliphatic heterocycles.